The number of benzene rings is 1. The van der Waals surface area contributed by atoms with Crippen LogP contribution in [-0.4, -0.2) is 61.3 Å². The van der Waals surface area contributed by atoms with Gasteiger partial charge >= 0.3 is 0 Å². The number of carbonyl (C=O) groups excluding carboxylic acids is 1. The number of rotatable bonds is 6. The number of amides is 1. The van der Waals surface area contributed by atoms with Gasteiger partial charge in [0.1, 0.15) is 5.54 Å². The van der Waals surface area contributed by atoms with Crippen LogP contribution in [0.4, 0.5) is 0 Å². The smallest absolute Gasteiger partial charge is 0.238 e. The molecule has 1 saturated heterocycles. The maximum atomic E-state index is 12.8. The number of nitriles is 1. The minimum absolute atomic E-state index is 0.00539. The molecule has 0 unspecified atom stereocenters. The summed E-state index contributed by atoms with van der Waals surface area (Å²) in [5.41, 5.74) is 0.0294. The third kappa shape index (κ3) is 5.35. The molecule has 2 fully saturated rings. The van der Waals surface area contributed by atoms with Crippen molar-refractivity contribution in [2.75, 3.05) is 26.2 Å². The van der Waals surface area contributed by atoms with Crippen LogP contribution in [0.15, 0.2) is 30.3 Å². The van der Waals surface area contributed by atoms with Gasteiger partial charge in [0.2, 0.25) is 15.9 Å². The summed E-state index contributed by atoms with van der Waals surface area (Å²) in [6, 6.07) is 11.1. The monoisotopic (exact) mass is 418 g/mol. The molecule has 1 saturated carbocycles. The molecule has 158 valence electrons. The van der Waals surface area contributed by atoms with Gasteiger partial charge in [0.25, 0.3) is 0 Å². The lowest BCUT2D eigenvalue weighted by atomic mass is 9.82. The first-order valence-corrected chi connectivity index (χ1v) is 12.0. The number of nitrogens with one attached hydrogen (secondary N) is 1. The van der Waals surface area contributed by atoms with Crippen molar-refractivity contribution in [1.82, 2.24) is 14.5 Å². The van der Waals surface area contributed by atoms with Crippen LogP contribution in [0.2, 0.25) is 0 Å². The molecule has 0 radical (unpaired) electrons. The van der Waals surface area contributed by atoms with Gasteiger partial charge in [-0.2, -0.15) is 9.57 Å². The second-order valence-electron chi connectivity index (χ2n) is 8.10. The van der Waals surface area contributed by atoms with Gasteiger partial charge in [-0.3, -0.25) is 9.69 Å². The lowest BCUT2D eigenvalue weighted by Crippen LogP contribution is -2.58. The molecule has 1 aromatic rings. The summed E-state index contributed by atoms with van der Waals surface area (Å²) in [7, 11) is -3.38. The second-order valence-corrected chi connectivity index (χ2v) is 10.1. The minimum Gasteiger partial charge on any atom is -0.336 e. The minimum atomic E-state index is -3.38. The Balaban J connectivity index is 1.54. The van der Waals surface area contributed by atoms with Gasteiger partial charge in [-0.1, -0.05) is 49.6 Å². The topological polar surface area (TPSA) is 93.5 Å². The molecular weight excluding hydrogens is 388 g/mol. The maximum absolute atomic E-state index is 12.8. The van der Waals surface area contributed by atoms with Crippen LogP contribution in [0, 0.1) is 11.3 Å². The Labute approximate surface area is 173 Å². The summed E-state index contributed by atoms with van der Waals surface area (Å²) in [6.45, 7) is 3.58. The Morgan fingerprint density at radius 3 is 2.34 bits per heavy atom. The summed E-state index contributed by atoms with van der Waals surface area (Å²) in [4.78, 5) is 14.8. The third-order valence-corrected chi connectivity index (χ3v) is 7.92. The van der Waals surface area contributed by atoms with Crippen molar-refractivity contribution in [2.45, 2.75) is 56.4 Å². The van der Waals surface area contributed by atoms with Gasteiger partial charge in [-0.05, 0) is 25.3 Å². The quantitative estimate of drug-likeness (QED) is 0.761. The Morgan fingerprint density at radius 2 is 1.76 bits per heavy atom. The standard InChI is InChI=1S/C21H30N4O3S/c1-18(20(26)23-21(17-22)10-6-3-7-11-21)24-12-14-25(15-13-24)29(27,28)16-19-8-4-2-5-9-19/h2,4-5,8-9,18H,3,6-7,10-16H2,1H3,(H,23,26)/t18-/m1/s1. The number of sulfonamides is 1. The largest absolute Gasteiger partial charge is 0.336 e. The molecule has 1 aliphatic heterocycles. The molecule has 1 amide bonds. The number of piperazine rings is 1. The van der Waals surface area contributed by atoms with Crippen LogP contribution in [0.3, 0.4) is 0 Å². The van der Waals surface area contributed by atoms with Gasteiger partial charge in [-0.15, -0.1) is 0 Å². The fourth-order valence-electron chi connectivity index (χ4n) is 4.17. The lowest BCUT2D eigenvalue weighted by Gasteiger charge is -2.38. The Kier molecular flexibility index (Phi) is 6.93. The Morgan fingerprint density at radius 1 is 1.14 bits per heavy atom. The molecule has 0 bridgehead atoms. The van der Waals surface area contributed by atoms with E-state index < -0.39 is 15.6 Å². The van der Waals surface area contributed by atoms with E-state index >= 15 is 0 Å². The van der Waals surface area contributed by atoms with E-state index in [2.05, 4.69) is 11.4 Å². The molecule has 1 aromatic carbocycles. The number of hydrogen-bond donors (Lipinski definition) is 1. The first kappa shape index (κ1) is 21.8. The van der Waals surface area contributed by atoms with Crippen LogP contribution in [-0.2, 0) is 20.6 Å². The average Bonchev–Trinajstić information content (AvgIpc) is 2.74. The summed E-state index contributed by atoms with van der Waals surface area (Å²) in [6.07, 6.45) is 4.43. The molecule has 7 nitrogen and oxygen atoms in total. The van der Waals surface area contributed by atoms with Gasteiger partial charge in [0, 0.05) is 26.2 Å². The van der Waals surface area contributed by atoms with Gasteiger partial charge < -0.3 is 5.32 Å². The molecule has 1 heterocycles. The number of carbonyl (C=O) groups is 1. The third-order valence-electron chi connectivity index (χ3n) is 6.07. The van der Waals surface area contributed by atoms with Crippen molar-refractivity contribution in [3.63, 3.8) is 0 Å². The van der Waals surface area contributed by atoms with Crippen molar-refractivity contribution >= 4 is 15.9 Å². The number of nitrogens with zero attached hydrogens (tertiary/aromatic N) is 3. The van der Waals surface area contributed by atoms with E-state index in [-0.39, 0.29) is 17.7 Å². The van der Waals surface area contributed by atoms with Crippen molar-refractivity contribution in [1.29, 1.82) is 5.26 Å². The zero-order valence-corrected chi connectivity index (χ0v) is 17.8. The summed E-state index contributed by atoms with van der Waals surface area (Å²) in [5, 5.41) is 12.6. The van der Waals surface area contributed by atoms with E-state index in [9.17, 15) is 18.5 Å². The van der Waals surface area contributed by atoms with Gasteiger partial charge in [0.15, 0.2) is 0 Å². The second kappa shape index (κ2) is 9.24. The highest BCUT2D eigenvalue weighted by atomic mass is 32.2. The highest BCUT2D eigenvalue weighted by Crippen LogP contribution is 2.28. The predicted octanol–water partition coefficient (Wildman–Crippen LogP) is 1.87. The van der Waals surface area contributed by atoms with E-state index in [1.807, 2.05) is 42.2 Å². The van der Waals surface area contributed by atoms with E-state index in [1.54, 1.807) is 0 Å². The van der Waals surface area contributed by atoms with Crippen molar-refractivity contribution < 1.29 is 13.2 Å². The first-order chi connectivity index (χ1) is 13.9. The van der Waals surface area contributed by atoms with E-state index in [4.69, 9.17) is 0 Å². The van der Waals surface area contributed by atoms with Crippen molar-refractivity contribution in [2.24, 2.45) is 0 Å². The Bertz CT molecular complexity index is 836. The van der Waals surface area contributed by atoms with E-state index in [0.717, 1.165) is 24.8 Å². The molecule has 1 N–H and O–H groups in total. The summed E-state index contributed by atoms with van der Waals surface area (Å²) in [5.74, 6) is -0.150. The molecule has 29 heavy (non-hydrogen) atoms. The number of hydrogen-bond acceptors (Lipinski definition) is 5. The molecule has 3 rings (SSSR count). The van der Waals surface area contributed by atoms with E-state index in [0.29, 0.717) is 39.0 Å². The predicted molar refractivity (Wildman–Crippen MR) is 111 cm³/mol. The van der Waals surface area contributed by atoms with Gasteiger partial charge in [-0.25, -0.2) is 8.42 Å². The van der Waals surface area contributed by atoms with Gasteiger partial charge in [0.05, 0.1) is 17.9 Å². The highest BCUT2D eigenvalue weighted by Gasteiger charge is 2.37. The first-order valence-electron chi connectivity index (χ1n) is 10.3. The average molecular weight is 419 g/mol. The molecule has 0 aromatic heterocycles. The normalized spacial score (nSPS) is 21.8. The van der Waals surface area contributed by atoms with Crippen LogP contribution in [0.5, 0.6) is 0 Å². The fraction of sp³-hybridized carbons (Fsp3) is 0.619. The SMILES string of the molecule is C[C@H](C(=O)NC1(C#N)CCCCC1)N1CCN(S(=O)(=O)Cc2ccccc2)CC1. The van der Waals surface area contributed by atoms with Crippen LogP contribution < -0.4 is 5.32 Å². The zero-order chi connectivity index (χ0) is 20.9. The van der Waals surface area contributed by atoms with Crippen LogP contribution in [0.1, 0.15) is 44.6 Å². The Hall–Kier alpha value is -1.95. The van der Waals surface area contributed by atoms with Crippen molar-refractivity contribution in [3.8, 4) is 6.07 Å². The summed E-state index contributed by atoms with van der Waals surface area (Å²) < 4.78 is 26.9. The molecule has 8 heteroatoms. The molecule has 1 atom stereocenters. The van der Waals surface area contributed by atoms with Crippen LogP contribution >= 0.6 is 0 Å². The fourth-order valence-corrected chi connectivity index (χ4v) is 5.69. The van der Waals surface area contributed by atoms with Crippen LogP contribution in [0.25, 0.3) is 0 Å². The lowest BCUT2D eigenvalue weighted by molar-refractivity contribution is -0.128. The molecule has 1 aliphatic carbocycles. The zero-order valence-electron chi connectivity index (χ0n) is 17.0. The van der Waals surface area contributed by atoms with E-state index in [1.165, 1.54) is 4.31 Å². The molecular formula is C21H30N4O3S. The maximum Gasteiger partial charge on any atom is 0.238 e. The summed E-state index contributed by atoms with van der Waals surface area (Å²) >= 11 is 0. The van der Waals surface area contributed by atoms with Crippen molar-refractivity contribution in [3.05, 3.63) is 35.9 Å². The molecule has 0 spiro atoms. The molecule has 2 aliphatic rings. The highest BCUT2D eigenvalue weighted by molar-refractivity contribution is 7.88.